The second-order valence-electron chi connectivity index (χ2n) is 2.36. The fourth-order valence-electron chi connectivity index (χ4n) is 0.709. The molecule has 0 saturated heterocycles. The maximum atomic E-state index is 11.2. The third-order valence-electron chi connectivity index (χ3n) is 1.31. The third kappa shape index (κ3) is 2.83. The van der Waals surface area contributed by atoms with Gasteiger partial charge in [0.25, 0.3) is 5.56 Å². The first kappa shape index (κ1) is 10.8. The summed E-state index contributed by atoms with van der Waals surface area (Å²) in [6.45, 7) is 5.37. The van der Waals surface area contributed by atoms with Crippen molar-refractivity contribution in [2.24, 2.45) is 0 Å². The first-order chi connectivity index (χ1) is 6.00. The van der Waals surface area contributed by atoms with E-state index < -0.39 is 0 Å². The molecule has 0 aromatic carbocycles. The maximum absolute atomic E-state index is 11.2. The van der Waals surface area contributed by atoms with Crippen LogP contribution in [0.15, 0.2) is 21.0 Å². The van der Waals surface area contributed by atoms with Gasteiger partial charge in [0.15, 0.2) is 0 Å². The molecule has 0 aliphatic heterocycles. The predicted molar refractivity (Wildman–Crippen MR) is 59.3 cm³/mol. The van der Waals surface area contributed by atoms with Crippen LogP contribution in [0.3, 0.4) is 0 Å². The number of nitrogens with zero attached hydrogens (tertiary/aromatic N) is 1. The molecule has 0 saturated carbocycles. The molecule has 1 aromatic heterocycles. The largest absolute Gasteiger partial charge is 0.297 e. The van der Waals surface area contributed by atoms with Gasteiger partial charge in [-0.25, -0.2) is 4.98 Å². The number of hydrogen-bond acceptors (Lipinski definition) is 3. The Labute approximate surface area is 87.2 Å². The second kappa shape index (κ2) is 4.27. The van der Waals surface area contributed by atoms with Crippen LogP contribution in [-0.2, 0) is 0 Å². The number of halogens is 1. The van der Waals surface area contributed by atoms with E-state index in [-0.39, 0.29) is 10.8 Å². The van der Waals surface area contributed by atoms with Gasteiger partial charge in [0.1, 0.15) is 5.03 Å². The van der Waals surface area contributed by atoms with Crippen LogP contribution in [0.4, 0.5) is 0 Å². The first-order valence-electron chi connectivity index (χ1n) is 3.39. The number of rotatable bonds is 2. The molecule has 0 radical (unpaired) electrons. The quantitative estimate of drug-likeness (QED) is 0.369. The fourth-order valence-corrected chi connectivity index (χ4v) is 1.90. The van der Waals surface area contributed by atoms with Crippen LogP contribution >= 0.6 is 32.6 Å². The van der Waals surface area contributed by atoms with Crippen LogP contribution in [0.2, 0.25) is 5.28 Å². The molecule has 70 valence electrons. The van der Waals surface area contributed by atoms with Crippen molar-refractivity contribution in [3.05, 3.63) is 32.4 Å². The Bertz CT molecular complexity index is 404. The van der Waals surface area contributed by atoms with E-state index in [0.29, 0.717) is 10.6 Å². The zero-order chi connectivity index (χ0) is 10.0. The Morgan fingerprint density at radius 2 is 2.38 bits per heavy atom. The number of H-pyrrole nitrogens is 1. The lowest BCUT2D eigenvalue weighted by atomic mass is 10.4. The van der Waals surface area contributed by atoms with Crippen LogP contribution in [0.5, 0.6) is 0 Å². The van der Waals surface area contributed by atoms with Gasteiger partial charge in [-0.15, -0.1) is 0 Å². The van der Waals surface area contributed by atoms with E-state index in [1.807, 2.05) is 0 Å². The molecule has 0 bridgehead atoms. The van der Waals surface area contributed by atoms with Crippen molar-refractivity contribution in [3.63, 3.8) is 0 Å². The molecular formula is C7H8ClN2OPS. The minimum atomic E-state index is -0.214. The maximum Gasteiger partial charge on any atom is 0.255 e. The highest BCUT2D eigenvalue weighted by molar-refractivity contribution is 8.07. The van der Waals surface area contributed by atoms with E-state index in [9.17, 15) is 4.79 Å². The molecule has 1 rings (SSSR count). The Balaban J connectivity index is 3.20. The molecule has 1 heterocycles. The van der Waals surface area contributed by atoms with Gasteiger partial charge in [-0.3, -0.25) is 9.78 Å². The van der Waals surface area contributed by atoms with Gasteiger partial charge in [0.2, 0.25) is 5.28 Å². The molecule has 1 atom stereocenters. The molecule has 0 aliphatic carbocycles. The third-order valence-corrected chi connectivity index (χ3v) is 2.69. The van der Waals surface area contributed by atoms with Gasteiger partial charge in [0, 0.05) is 10.2 Å². The minimum absolute atomic E-state index is 0.101. The molecule has 0 aliphatic rings. The average molecular weight is 235 g/mol. The fraction of sp³-hybridized carbons (Fsp3) is 0.143. The lowest BCUT2D eigenvalue weighted by Crippen LogP contribution is -2.12. The molecule has 3 nitrogen and oxygen atoms in total. The summed E-state index contributed by atoms with van der Waals surface area (Å²) in [4.78, 5) is 17.6. The predicted octanol–water partition coefficient (Wildman–Crippen LogP) is 2.17. The number of aromatic nitrogens is 2. The van der Waals surface area contributed by atoms with E-state index in [0.717, 1.165) is 4.65 Å². The summed E-state index contributed by atoms with van der Waals surface area (Å²) in [6.07, 6.45) is 0. The monoisotopic (exact) mass is 234 g/mol. The van der Waals surface area contributed by atoms with Gasteiger partial charge < -0.3 is 0 Å². The van der Waals surface area contributed by atoms with Gasteiger partial charge in [-0.1, -0.05) is 27.6 Å². The van der Waals surface area contributed by atoms with E-state index in [2.05, 4.69) is 25.8 Å². The normalized spacial score (nSPS) is 10.1. The Hall–Kier alpha value is -0.310. The lowest BCUT2D eigenvalue weighted by molar-refractivity contribution is 0.972. The van der Waals surface area contributed by atoms with Gasteiger partial charge in [-0.05, 0) is 18.5 Å². The van der Waals surface area contributed by atoms with Crippen LogP contribution in [0, 0.1) is 6.92 Å². The van der Waals surface area contributed by atoms with Crippen molar-refractivity contribution in [2.75, 3.05) is 0 Å². The van der Waals surface area contributed by atoms with Crippen molar-refractivity contribution < 1.29 is 0 Å². The molecule has 0 fully saturated rings. The number of aromatic amines is 1. The summed E-state index contributed by atoms with van der Waals surface area (Å²) in [7, 11) is 2.43. The smallest absolute Gasteiger partial charge is 0.255 e. The van der Waals surface area contributed by atoms with Crippen molar-refractivity contribution in [2.45, 2.75) is 11.9 Å². The summed E-state index contributed by atoms with van der Waals surface area (Å²) in [5.74, 6) is 0. The van der Waals surface area contributed by atoms with E-state index in [1.165, 1.54) is 11.8 Å². The molecule has 1 aromatic rings. The zero-order valence-electron chi connectivity index (χ0n) is 6.93. The van der Waals surface area contributed by atoms with Crippen molar-refractivity contribution in [3.8, 4) is 0 Å². The summed E-state index contributed by atoms with van der Waals surface area (Å²) < 4.78 is 0.789. The summed E-state index contributed by atoms with van der Waals surface area (Å²) >= 11 is 6.90. The Kier molecular flexibility index (Phi) is 3.54. The van der Waals surface area contributed by atoms with Crippen molar-refractivity contribution in [1.29, 1.82) is 0 Å². The summed E-state index contributed by atoms with van der Waals surface area (Å²) in [5.41, 5.74) is 0.340. The molecule has 0 amide bonds. The first-order valence-corrected chi connectivity index (χ1v) is 5.16. The lowest BCUT2D eigenvalue weighted by Gasteiger charge is -2.02. The molecule has 13 heavy (non-hydrogen) atoms. The molecule has 0 spiro atoms. The topological polar surface area (TPSA) is 45.8 Å². The molecule has 1 N–H and O–H groups in total. The summed E-state index contributed by atoms with van der Waals surface area (Å²) in [6, 6.07) is 0. The number of nitrogens with one attached hydrogen (secondary N) is 1. The molecular weight excluding hydrogens is 227 g/mol. The number of thioether (sulfide) groups is 1. The SMILES string of the molecule is C=C(P)Sc1nc(Cl)[nH]c(=O)c1C. The highest BCUT2D eigenvalue weighted by atomic mass is 35.5. The van der Waals surface area contributed by atoms with Crippen LogP contribution < -0.4 is 5.56 Å². The average Bonchev–Trinajstić information content (AvgIpc) is 1.98. The van der Waals surface area contributed by atoms with Crippen LogP contribution in [-0.4, -0.2) is 9.97 Å². The molecule has 1 unspecified atom stereocenters. The highest BCUT2D eigenvalue weighted by Crippen LogP contribution is 2.29. The van der Waals surface area contributed by atoms with Crippen LogP contribution in [0.1, 0.15) is 5.56 Å². The Morgan fingerprint density at radius 1 is 1.77 bits per heavy atom. The molecule has 6 heteroatoms. The van der Waals surface area contributed by atoms with E-state index in [1.54, 1.807) is 6.92 Å². The Morgan fingerprint density at radius 3 is 2.92 bits per heavy atom. The van der Waals surface area contributed by atoms with Gasteiger partial charge in [0.05, 0.1) is 0 Å². The standard InChI is InChI=1S/C7H8ClN2OPS/c1-3-5(11)9-7(8)10-6(3)13-4(2)12/h2,12H2,1H3,(H,9,10,11). The second-order valence-corrected chi connectivity index (χ2v) is 4.94. The van der Waals surface area contributed by atoms with E-state index in [4.69, 9.17) is 11.6 Å². The number of hydrogen-bond donors (Lipinski definition) is 1. The highest BCUT2D eigenvalue weighted by Gasteiger charge is 2.06. The summed E-state index contributed by atoms with van der Waals surface area (Å²) in [5, 5.41) is 0.693. The van der Waals surface area contributed by atoms with Gasteiger partial charge in [-0.2, -0.15) is 0 Å². The van der Waals surface area contributed by atoms with Crippen LogP contribution in [0.25, 0.3) is 0 Å². The van der Waals surface area contributed by atoms with Crippen molar-refractivity contribution in [1.82, 2.24) is 9.97 Å². The van der Waals surface area contributed by atoms with E-state index >= 15 is 0 Å². The van der Waals surface area contributed by atoms with Gasteiger partial charge >= 0.3 is 0 Å². The minimum Gasteiger partial charge on any atom is -0.297 e. The van der Waals surface area contributed by atoms with Crippen molar-refractivity contribution >= 4 is 32.6 Å². The zero-order valence-corrected chi connectivity index (χ0v) is 9.65.